The standard InChI is InChI=1S/C19H21N3O4S/c23-18(19(24)21-14-3-4-16-17(9-14)26-12-25-16)20-10-15(13-5-8-27-11-13)22-6-1-2-7-22/h3-5,8-9,11,15H,1-2,6-7,10,12H2,(H,20,23)(H,21,24)/t15-/m0/s1. The Labute approximate surface area is 161 Å². The van der Waals surface area contributed by atoms with E-state index in [1.807, 2.05) is 5.38 Å². The Morgan fingerprint density at radius 1 is 1.11 bits per heavy atom. The van der Waals surface area contributed by atoms with Gasteiger partial charge < -0.3 is 20.1 Å². The molecule has 2 N–H and O–H groups in total. The van der Waals surface area contributed by atoms with E-state index in [0.717, 1.165) is 13.1 Å². The lowest BCUT2D eigenvalue weighted by atomic mass is 10.1. The predicted molar refractivity (Wildman–Crippen MR) is 102 cm³/mol. The van der Waals surface area contributed by atoms with Crippen molar-refractivity contribution >= 4 is 28.8 Å². The second-order valence-corrected chi connectivity index (χ2v) is 7.33. The third-order valence-electron chi connectivity index (χ3n) is 4.80. The van der Waals surface area contributed by atoms with E-state index in [9.17, 15) is 9.59 Å². The Kier molecular flexibility index (Phi) is 5.26. The van der Waals surface area contributed by atoms with Gasteiger partial charge in [-0.05, 0) is 60.5 Å². The SMILES string of the molecule is O=C(NC[C@@H](c1ccsc1)N1CCCC1)C(=O)Nc1ccc2c(c1)OCO2. The smallest absolute Gasteiger partial charge is 0.313 e. The summed E-state index contributed by atoms with van der Waals surface area (Å²) in [6, 6.07) is 7.20. The number of thiophene rings is 1. The average Bonchev–Trinajstić information content (AvgIpc) is 3.43. The first kappa shape index (κ1) is 17.8. The maximum Gasteiger partial charge on any atom is 0.313 e. The Morgan fingerprint density at radius 2 is 1.93 bits per heavy atom. The molecule has 0 spiro atoms. The van der Waals surface area contributed by atoms with E-state index in [2.05, 4.69) is 27.0 Å². The molecule has 1 atom stereocenters. The quantitative estimate of drug-likeness (QED) is 0.770. The normalized spacial score (nSPS) is 16.9. The third kappa shape index (κ3) is 4.06. The minimum Gasteiger partial charge on any atom is -0.454 e. The number of hydrogen-bond donors (Lipinski definition) is 2. The van der Waals surface area contributed by atoms with Gasteiger partial charge in [0.1, 0.15) is 0 Å². The van der Waals surface area contributed by atoms with Gasteiger partial charge in [0.05, 0.1) is 6.04 Å². The molecule has 0 saturated carbocycles. The van der Waals surface area contributed by atoms with Crippen molar-refractivity contribution in [3.05, 3.63) is 40.6 Å². The fraction of sp³-hybridized carbons (Fsp3) is 0.368. The zero-order chi connectivity index (χ0) is 18.6. The minimum atomic E-state index is -0.695. The van der Waals surface area contributed by atoms with E-state index in [1.165, 1.54) is 18.4 Å². The number of nitrogens with one attached hydrogen (secondary N) is 2. The van der Waals surface area contributed by atoms with Crippen molar-refractivity contribution < 1.29 is 19.1 Å². The summed E-state index contributed by atoms with van der Waals surface area (Å²) in [6.07, 6.45) is 2.33. The second kappa shape index (κ2) is 7.98. The number of hydrogen-bond acceptors (Lipinski definition) is 6. The lowest BCUT2D eigenvalue weighted by molar-refractivity contribution is -0.136. The van der Waals surface area contributed by atoms with Gasteiger partial charge in [-0.15, -0.1) is 0 Å². The molecule has 7 nitrogen and oxygen atoms in total. The number of benzene rings is 1. The van der Waals surface area contributed by atoms with E-state index in [-0.39, 0.29) is 12.8 Å². The predicted octanol–water partition coefficient (Wildman–Crippen LogP) is 2.37. The van der Waals surface area contributed by atoms with Gasteiger partial charge in [0.2, 0.25) is 6.79 Å². The molecular formula is C19H21N3O4S. The minimum absolute atomic E-state index is 0.0982. The van der Waals surface area contributed by atoms with Crippen molar-refractivity contribution in [3.63, 3.8) is 0 Å². The van der Waals surface area contributed by atoms with Gasteiger partial charge in [-0.25, -0.2) is 0 Å². The van der Waals surface area contributed by atoms with Crippen LogP contribution < -0.4 is 20.1 Å². The number of amides is 2. The Morgan fingerprint density at radius 3 is 2.70 bits per heavy atom. The summed E-state index contributed by atoms with van der Waals surface area (Å²) in [5.74, 6) is -0.159. The van der Waals surface area contributed by atoms with E-state index in [1.54, 1.807) is 29.5 Å². The fourth-order valence-corrected chi connectivity index (χ4v) is 4.11. The molecule has 1 aromatic carbocycles. The molecule has 142 valence electrons. The summed E-state index contributed by atoms with van der Waals surface area (Å²) in [5.41, 5.74) is 1.67. The average molecular weight is 387 g/mol. The summed E-state index contributed by atoms with van der Waals surface area (Å²) in [6.45, 7) is 2.59. The summed E-state index contributed by atoms with van der Waals surface area (Å²) >= 11 is 1.64. The molecule has 2 aromatic rings. The van der Waals surface area contributed by atoms with Crippen LogP contribution >= 0.6 is 11.3 Å². The molecule has 0 bridgehead atoms. The van der Waals surface area contributed by atoms with Crippen molar-refractivity contribution in [2.45, 2.75) is 18.9 Å². The Balaban J connectivity index is 1.35. The Bertz CT molecular complexity index is 818. The van der Waals surface area contributed by atoms with Gasteiger partial charge in [-0.1, -0.05) is 0 Å². The van der Waals surface area contributed by atoms with E-state index >= 15 is 0 Å². The summed E-state index contributed by atoms with van der Waals surface area (Å²) in [4.78, 5) is 26.9. The lowest BCUT2D eigenvalue weighted by Gasteiger charge is -2.27. The highest BCUT2D eigenvalue weighted by atomic mass is 32.1. The molecule has 4 rings (SSSR count). The molecule has 8 heteroatoms. The zero-order valence-corrected chi connectivity index (χ0v) is 15.6. The second-order valence-electron chi connectivity index (χ2n) is 6.55. The number of carbonyl (C=O) groups excluding carboxylic acids is 2. The van der Waals surface area contributed by atoms with Crippen LogP contribution in [0.1, 0.15) is 24.4 Å². The van der Waals surface area contributed by atoms with Crippen LogP contribution in [-0.4, -0.2) is 43.1 Å². The molecule has 0 aliphatic carbocycles. The van der Waals surface area contributed by atoms with Gasteiger partial charge >= 0.3 is 11.8 Å². The Hall–Kier alpha value is -2.58. The van der Waals surface area contributed by atoms with Gasteiger partial charge in [0, 0.05) is 18.3 Å². The summed E-state index contributed by atoms with van der Waals surface area (Å²) < 4.78 is 10.5. The molecule has 27 heavy (non-hydrogen) atoms. The lowest BCUT2D eigenvalue weighted by Crippen LogP contribution is -2.41. The molecule has 1 aromatic heterocycles. The zero-order valence-electron chi connectivity index (χ0n) is 14.8. The van der Waals surface area contributed by atoms with E-state index < -0.39 is 11.8 Å². The fourth-order valence-electron chi connectivity index (χ4n) is 3.41. The number of fused-ring (bicyclic) bond motifs is 1. The van der Waals surface area contributed by atoms with Crippen LogP contribution in [0.25, 0.3) is 0 Å². The van der Waals surface area contributed by atoms with E-state index in [4.69, 9.17) is 9.47 Å². The largest absolute Gasteiger partial charge is 0.454 e. The van der Waals surface area contributed by atoms with Crippen LogP contribution in [0.5, 0.6) is 11.5 Å². The van der Waals surface area contributed by atoms with Crippen LogP contribution in [0.3, 0.4) is 0 Å². The number of anilines is 1. The first-order valence-electron chi connectivity index (χ1n) is 8.96. The molecule has 0 unspecified atom stereocenters. The molecule has 1 saturated heterocycles. The number of ether oxygens (including phenoxy) is 2. The molecule has 2 aliphatic rings. The van der Waals surface area contributed by atoms with Gasteiger partial charge in [0.25, 0.3) is 0 Å². The molecule has 2 aliphatic heterocycles. The number of carbonyl (C=O) groups is 2. The van der Waals surface area contributed by atoms with Crippen LogP contribution in [0.2, 0.25) is 0 Å². The van der Waals surface area contributed by atoms with Gasteiger partial charge in [0.15, 0.2) is 11.5 Å². The van der Waals surface area contributed by atoms with Crippen molar-refractivity contribution in [2.75, 3.05) is 31.7 Å². The summed E-state index contributed by atoms with van der Waals surface area (Å²) in [7, 11) is 0. The van der Waals surface area contributed by atoms with Gasteiger partial charge in [-0.3, -0.25) is 14.5 Å². The highest BCUT2D eigenvalue weighted by molar-refractivity contribution is 7.08. The number of nitrogens with zero attached hydrogens (tertiary/aromatic N) is 1. The number of rotatable bonds is 5. The molecule has 0 radical (unpaired) electrons. The molecule has 2 amide bonds. The topological polar surface area (TPSA) is 79.9 Å². The number of likely N-dealkylation sites (tertiary alicyclic amines) is 1. The third-order valence-corrected chi connectivity index (χ3v) is 5.50. The highest BCUT2D eigenvalue weighted by Gasteiger charge is 2.25. The highest BCUT2D eigenvalue weighted by Crippen LogP contribution is 2.34. The first-order valence-corrected chi connectivity index (χ1v) is 9.90. The van der Waals surface area contributed by atoms with E-state index in [0.29, 0.717) is 23.7 Å². The monoisotopic (exact) mass is 387 g/mol. The van der Waals surface area contributed by atoms with Crippen molar-refractivity contribution in [2.24, 2.45) is 0 Å². The molecule has 3 heterocycles. The molecular weight excluding hydrogens is 366 g/mol. The first-order chi connectivity index (χ1) is 13.2. The molecule has 1 fully saturated rings. The van der Waals surface area contributed by atoms with Crippen LogP contribution in [-0.2, 0) is 9.59 Å². The van der Waals surface area contributed by atoms with Crippen molar-refractivity contribution in [1.29, 1.82) is 0 Å². The maximum atomic E-state index is 12.3. The van der Waals surface area contributed by atoms with Crippen LogP contribution in [0, 0.1) is 0 Å². The maximum absolute atomic E-state index is 12.3. The summed E-state index contributed by atoms with van der Waals surface area (Å²) in [5, 5.41) is 9.51. The van der Waals surface area contributed by atoms with Crippen molar-refractivity contribution in [1.82, 2.24) is 10.2 Å². The van der Waals surface area contributed by atoms with Crippen LogP contribution in [0.15, 0.2) is 35.0 Å². The van der Waals surface area contributed by atoms with Crippen LogP contribution in [0.4, 0.5) is 5.69 Å². The van der Waals surface area contributed by atoms with Crippen molar-refractivity contribution in [3.8, 4) is 11.5 Å². The van der Waals surface area contributed by atoms with Gasteiger partial charge in [-0.2, -0.15) is 11.3 Å².